The van der Waals surface area contributed by atoms with E-state index in [0.717, 1.165) is 30.2 Å². The quantitative estimate of drug-likeness (QED) is 0.249. The number of aromatic nitrogens is 5. The molecule has 2 aliphatic rings. The lowest BCUT2D eigenvalue weighted by Gasteiger charge is -2.21. The Labute approximate surface area is 216 Å². The number of aliphatic hydroxyl groups is 2. The Morgan fingerprint density at radius 2 is 2.05 bits per heavy atom. The van der Waals surface area contributed by atoms with Gasteiger partial charge in [-0.15, -0.1) is 5.10 Å². The van der Waals surface area contributed by atoms with Gasteiger partial charge in [0.05, 0.1) is 25.4 Å². The number of hydrogen-bond donors (Lipinski definition) is 3. The molecule has 0 radical (unpaired) electrons. The minimum Gasteiger partial charge on any atom is -0.394 e. The second kappa shape index (κ2) is 11.1. The van der Waals surface area contributed by atoms with Gasteiger partial charge in [0.25, 0.3) is 0 Å². The Morgan fingerprint density at radius 1 is 1.22 bits per heavy atom. The molecule has 0 aliphatic heterocycles. The smallest absolute Gasteiger partial charge is 0.191 e. The van der Waals surface area contributed by atoms with Crippen molar-refractivity contribution in [2.45, 2.75) is 67.7 Å². The molecule has 1 aromatic carbocycles. The van der Waals surface area contributed by atoms with Crippen LogP contribution in [0.3, 0.4) is 0 Å². The maximum Gasteiger partial charge on any atom is 0.191 e. The van der Waals surface area contributed by atoms with Crippen molar-refractivity contribution in [1.82, 2.24) is 25.0 Å². The van der Waals surface area contributed by atoms with Gasteiger partial charge in [-0.05, 0) is 30.5 Å². The normalized spacial score (nSPS) is 27.2. The van der Waals surface area contributed by atoms with Crippen molar-refractivity contribution in [2.24, 2.45) is 0 Å². The average Bonchev–Trinajstić information content (AvgIpc) is 3.41. The molecule has 10 nitrogen and oxygen atoms in total. The predicted octanol–water partition coefficient (Wildman–Crippen LogP) is 2.67. The molecule has 6 unspecified atom stereocenters. The van der Waals surface area contributed by atoms with E-state index in [1.165, 1.54) is 24.9 Å². The first kappa shape index (κ1) is 26.2. The van der Waals surface area contributed by atoms with E-state index in [2.05, 4.69) is 27.5 Å². The van der Waals surface area contributed by atoms with Crippen LogP contribution in [0.2, 0.25) is 0 Å². The minimum absolute atomic E-state index is 0.0189. The molecule has 0 amide bonds. The van der Waals surface area contributed by atoms with Crippen molar-refractivity contribution >= 4 is 28.7 Å². The van der Waals surface area contributed by atoms with E-state index in [4.69, 9.17) is 19.6 Å². The van der Waals surface area contributed by atoms with Crippen molar-refractivity contribution in [3.63, 3.8) is 0 Å². The molecule has 13 heteroatoms. The summed E-state index contributed by atoms with van der Waals surface area (Å²) in [4.78, 5) is 9.38. The zero-order valence-corrected chi connectivity index (χ0v) is 21.4. The van der Waals surface area contributed by atoms with E-state index in [9.17, 15) is 13.9 Å². The van der Waals surface area contributed by atoms with E-state index >= 15 is 0 Å². The summed E-state index contributed by atoms with van der Waals surface area (Å²) >= 11 is 1.51. The van der Waals surface area contributed by atoms with Crippen LogP contribution in [0.1, 0.15) is 43.7 Å². The Balaban J connectivity index is 1.43. The number of benzene rings is 1. The highest BCUT2D eigenvalue weighted by molar-refractivity contribution is 7.99. The summed E-state index contributed by atoms with van der Waals surface area (Å²) in [6.45, 7) is 2.07. The Kier molecular flexibility index (Phi) is 7.86. The highest BCUT2D eigenvalue weighted by Gasteiger charge is 2.46. The number of nitrogens with zero attached hydrogens (tertiary/aromatic N) is 5. The molecule has 200 valence electrons. The van der Waals surface area contributed by atoms with E-state index in [1.54, 1.807) is 10.7 Å². The molecule has 2 aliphatic carbocycles. The Morgan fingerprint density at radius 3 is 2.78 bits per heavy atom. The van der Waals surface area contributed by atoms with E-state index in [0.29, 0.717) is 28.6 Å². The monoisotopic (exact) mass is 536 g/mol. The van der Waals surface area contributed by atoms with Gasteiger partial charge in [-0.3, -0.25) is 0 Å². The van der Waals surface area contributed by atoms with Gasteiger partial charge >= 0.3 is 0 Å². The first-order chi connectivity index (χ1) is 17.9. The third kappa shape index (κ3) is 5.28. The summed E-state index contributed by atoms with van der Waals surface area (Å²) in [6, 6.07) is 3.46. The van der Waals surface area contributed by atoms with Crippen LogP contribution >= 0.6 is 11.8 Å². The van der Waals surface area contributed by atoms with E-state index in [-0.39, 0.29) is 25.2 Å². The molecular formula is C24H30F2N6O4S. The van der Waals surface area contributed by atoms with Gasteiger partial charge in [0.2, 0.25) is 0 Å². The topological polar surface area (TPSA) is 127 Å². The van der Waals surface area contributed by atoms with Crippen LogP contribution < -0.4 is 5.32 Å². The van der Waals surface area contributed by atoms with Gasteiger partial charge in [0.1, 0.15) is 12.2 Å². The predicted molar refractivity (Wildman–Crippen MR) is 133 cm³/mol. The van der Waals surface area contributed by atoms with Crippen LogP contribution in [0, 0.1) is 11.6 Å². The average molecular weight is 537 g/mol. The Hall–Kier alpha value is -2.45. The number of halogens is 2. The van der Waals surface area contributed by atoms with Gasteiger partial charge < -0.3 is 25.0 Å². The van der Waals surface area contributed by atoms with Crippen molar-refractivity contribution < 1.29 is 28.5 Å². The summed E-state index contributed by atoms with van der Waals surface area (Å²) in [5, 5.41) is 32.8. The molecule has 0 bridgehead atoms. The molecule has 2 heterocycles. The zero-order chi connectivity index (χ0) is 26.1. The molecule has 37 heavy (non-hydrogen) atoms. The lowest BCUT2D eigenvalue weighted by atomic mass is 10.1. The molecule has 2 aromatic heterocycles. The molecule has 5 rings (SSSR count). The molecule has 2 saturated carbocycles. The fraction of sp³-hybridized carbons (Fsp3) is 0.583. The largest absolute Gasteiger partial charge is 0.394 e. The highest BCUT2D eigenvalue weighted by atomic mass is 32.2. The molecule has 3 N–H and O–H groups in total. The van der Waals surface area contributed by atoms with Crippen LogP contribution in [-0.4, -0.2) is 85.6 Å². The third-order valence-electron chi connectivity index (χ3n) is 6.80. The van der Waals surface area contributed by atoms with E-state index < -0.39 is 36.0 Å². The minimum atomic E-state index is -0.919. The van der Waals surface area contributed by atoms with Gasteiger partial charge in [0, 0.05) is 31.2 Å². The SMILES string of the molecule is CCCSc1nc(NC2CC2c2ccc(F)c(F)c2)c2nnn(C3CC(OCCO)C(OC)C3O)c2n1. The van der Waals surface area contributed by atoms with Gasteiger partial charge in [-0.25, -0.2) is 23.4 Å². The Bertz CT molecular complexity index is 1250. The van der Waals surface area contributed by atoms with Crippen molar-refractivity contribution in [1.29, 1.82) is 0 Å². The molecule has 2 fully saturated rings. The summed E-state index contributed by atoms with van der Waals surface area (Å²) in [6.07, 6.45) is 0.151. The molecule has 0 saturated heterocycles. The lowest BCUT2D eigenvalue weighted by Crippen LogP contribution is -2.35. The van der Waals surface area contributed by atoms with Crippen molar-refractivity contribution in [3.8, 4) is 0 Å². The maximum absolute atomic E-state index is 13.7. The number of aliphatic hydroxyl groups excluding tert-OH is 2. The summed E-state index contributed by atoms with van der Waals surface area (Å²) in [5.74, 6) is -0.379. The standard InChI is InChI=1S/C24H30F2N6O4S/c1-3-8-37-24-28-22(27-16-10-13(16)12-4-5-14(25)15(26)9-12)19-23(29-24)32(31-30-19)17-11-18(36-7-6-33)21(35-2)20(17)34/h4-5,9,13,16-18,20-21,33-34H,3,6-8,10-11H2,1-2H3,(H,27,28,29). The number of fused-ring (bicyclic) bond motifs is 1. The van der Waals surface area contributed by atoms with Crippen molar-refractivity contribution in [2.75, 3.05) is 31.4 Å². The molecule has 3 aromatic rings. The van der Waals surface area contributed by atoms with Gasteiger partial charge in [-0.1, -0.05) is 30.0 Å². The van der Waals surface area contributed by atoms with Crippen LogP contribution in [0.4, 0.5) is 14.6 Å². The number of anilines is 1. The highest BCUT2D eigenvalue weighted by Crippen LogP contribution is 2.44. The number of rotatable bonds is 11. The fourth-order valence-electron chi connectivity index (χ4n) is 4.89. The zero-order valence-electron chi connectivity index (χ0n) is 20.5. The van der Waals surface area contributed by atoms with Crippen LogP contribution in [0.15, 0.2) is 23.4 Å². The second-order valence-electron chi connectivity index (χ2n) is 9.30. The lowest BCUT2D eigenvalue weighted by molar-refractivity contribution is -0.0817. The number of ether oxygens (including phenoxy) is 2. The second-order valence-corrected chi connectivity index (χ2v) is 10.4. The number of hydrogen-bond acceptors (Lipinski definition) is 10. The molecule has 0 spiro atoms. The van der Waals surface area contributed by atoms with Gasteiger partial charge in [0.15, 0.2) is 33.8 Å². The van der Waals surface area contributed by atoms with Gasteiger partial charge in [-0.2, -0.15) is 0 Å². The first-order valence-corrected chi connectivity index (χ1v) is 13.3. The maximum atomic E-state index is 13.7. The fourth-order valence-corrected chi connectivity index (χ4v) is 5.58. The number of methoxy groups -OCH3 is 1. The van der Waals surface area contributed by atoms with E-state index in [1.807, 2.05) is 0 Å². The third-order valence-corrected chi connectivity index (χ3v) is 7.86. The van der Waals surface area contributed by atoms with Crippen LogP contribution in [-0.2, 0) is 9.47 Å². The van der Waals surface area contributed by atoms with Crippen molar-refractivity contribution in [3.05, 3.63) is 35.4 Å². The van der Waals surface area contributed by atoms with Crippen LogP contribution in [0.5, 0.6) is 0 Å². The van der Waals surface area contributed by atoms with Crippen LogP contribution in [0.25, 0.3) is 11.2 Å². The number of nitrogens with one attached hydrogen (secondary N) is 1. The molecule has 6 atom stereocenters. The first-order valence-electron chi connectivity index (χ1n) is 12.4. The molecular weight excluding hydrogens is 506 g/mol. The summed E-state index contributed by atoms with van der Waals surface area (Å²) in [7, 11) is 1.51. The summed E-state index contributed by atoms with van der Waals surface area (Å²) in [5.41, 5.74) is 1.65. The summed E-state index contributed by atoms with van der Waals surface area (Å²) < 4.78 is 39.9. The number of thioether (sulfide) groups is 1.